The first kappa shape index (κ1) is 18.7. The van der Waals surface area contributed by atoms with Crippen LogP contribution in [0.15, 0.2) is 29.4 Å². The highest BCUT2D eigenvalue weighted by Crippen LogP contribution is 2.34. The van der Waals surface area contributed by atoms with Gasteiger partial charge in [-0.1, -0.05) is 6.92 Å². The van der Waals surface area contributed by atoms with E-state index in [1.54, 1.807) is 17.7 Å². The Hall–Kier alpha value is -2.13. The molecular formula is C16H12ClF3N4OS. The molecule has 0 bridgehead atoms. The van der Waals surface area contributed by atoms with E-state index in [1.807, 2.05) is 6.92 Å². The molecule has 0 N–H and O–H groups in total. The average Bonchev–Trinajstić information content (AvgIpc) is 2.90. The summed E-state index contributed by atoms with van der Waals surface area (Å²) < 4.78 is 40.3. The summed E-state index contributed by atoms with van der Waals surface area (Å²) in [6, 6.07) is 2.55. The van der Waals surface area contributed by atoms with Crippen molar-refractivity contribution in [2.24, 2.45) is 7.05 Å². The molecule has 0 unspecified atom stereocenters. The minimum Gasteiger partial charge on any atom is -0.310 e. The van der Waals surface area contributed by atoms with Gasteiger partial charge in [0.2, 0.25) is 0 Å². The second-order valence-electron chi connectivity index (χ2n) is 5.34. The van der Waals surface area contributed by atoms with Crippen LogP contribution in [0.1, 0.15) is 22.8 Å². The van der Waals surface area contributed by atoms with Gasteiger partial charge in [-0.25, -0.2) is 9.97 Å². The smallest absolute Gasteiger partial charge is 0.310 e. The molecule has 3 aromatic rings. The number of fused-ring (bicyclic) bond motifs is 1. The molecule has 0 amide bonds. The number of pyridine rings is 2. The zero-order valence-electron chi connectivity index (χ0n) is 13.6. The van der Waals surface area contributed by atoms with Crippen LogP contribution in [0.5, 0.6) is 0 Å². The fourth-order valence-electron chi connectivity index (χ4n) is 2.43. The molecule has 0 aromatic carbocycles. The van der Waals surface area contributed by atoms with Crippen LogP contribution >= 0.6 is 23.4 Å². The van der Waals surface area contributed by atoms with Crippen molar-refractivity contribution in [1.29, 1.82) is 0 Å². The topological polar surface area (TPSA) is 60.7 Å². The monoisotopic (exact) mass is 400 g/mol. The van der Waals surface area contributed by atoms with Gasteiger partial charge in [0.1, 0.15) is 11.2 Å². The number of nitrogens with zero attached hydrogens (tertiary/aromatic N) is 4. The summed E-state index contributed by atoms with van der Waals surface area (Å²) in [6.07, 6.45) is -2.40. The number of carbonyl (C=O) groups is 1. The van der Waals surface area contributed by atoms with E-state index in [2.05, 4.69) is 15.0 Å². The second kappa shape index (κ2) is 6.88. The molecule has 0 spiro atoms. The zero-order valence-corrected chi connectivity index (χ0v) is 15.2. The van der Waals surface area contributed by atoms with Gasteiger partial charge in [0, 0.05) is 24.3 Å². The van der Waals surface area contributed by atoms with Crippen molar-refractivity contribution in [3.8, 4) is 11.5 Å². The summed E-state index contributed by atoms with van der Waals surface area (Å²) >= 11 is 6.93. The molecule has 26 heavy (non-hydrogen) atoms. The Kier molecular flexibility index (Phi) is 4.94. The van der Waals surface area contributed by atoms with E-state index in [9.17, 15) is 18.0 Å². The maximum Gasteiger partial charge on any atom is 0.417 e. The third-order valence-electron chi connectivity index (χ3n) is 3.63. The van der Waals surface area contributed by atoms with Gasteiger partial charge in [0.05, 0.1) is 11.1 Å². The molecule has 0 atom stereocenters. The fraction of sp³-hybridized carbons (Fsp3) is 0.250. The average molecular weight is 401 g/mol. The number of alkyl halides is 3. The van der Waals surface area contributed by atoms with Crippen LogP contribution < -0.4 is 0 Å². The fourth-order valence-corrected chi connectivity index (χ4v) is 3.33. The highest BCUT2D eigenvalue weighted by molar-refractivity contribution is 7.99. The Bertz CT molecular complexity index is 1000. The van der Waals surface area contributed by atoms with E-state index >= 15 is 0 Å². The van der Waals surface area contributed by atoms with Crippen molar-refractivity contribution < 1.29 is 18.0 Å². The Morgan fingerprint density at radius 2 is 2.00 bits per heavy atom. The van der Waals surface area contributed by atoms with Crippen molar-refractivity contribution in [3.05, 3.63) is 35.7 Å². The van der Waals surface area contributed by atoms with Crippen LogP contribution in [0, 0.1) is 0 Å². The molecule has 0 aliphatic rings. The number of rotatable bonds is 4. The van der Waals surface area contributed by atoms with Crippen LogP contribution in [0.2, 0.25) is 0 Å². The van der Waals surface area contributed by atoms with E-state index in [-0.39, 0.29) is 11.1 Å². The van der Waals surface area contributed by atoms with Gasteiger partial charge < -0.3 is 4.57 Å². The largest absolute Gasteiger partial charge is 0.417 e. The van der Waals surface area contributed by atoms with Crippen molar-refractivity contribution in [1.82, 2.24) is 19.5 Å². The molecule has 0 aliphatic carbocycles. The van der Waals surface area contributed by atoms with E-state index in [4.69, 9.17) is 11.6 Å². The molecule has 3 aromatic heterocycles. The lowest BCUT2D eigenvalue weighted by Gasteiger charge is -2.08. The molecule has 0 saturated carbocycles. The molecule has 136 valence electrons. The molecule has 0 radical (unpaired) electrons. The lowest BCUT2D eigenvalue weighted by Crippen LogP contribution is -2.05. The van der Waals surface area contributed by atoms with Gasteiger partial charge in [-0.3, -0.25) is 9.78 Å². The minimum absolute atomic E-state index is 0.115. The van der Waals surface area contributed by atoms with Gasteiger partial charge in [-0.2, -0.15) is 13.2 Å². The van der Waals surface area contributed by atoms with Gasteiger partial charge in [-0.15, -0.1) is 11.8 Å². The van der Waals surface area contributed by atoms with Gasteiger partial charge in [0.15, 0.2) is 11.5 Å². The first-order valence-electron chi connectivity index (χ1n) is 7.45. The minimum atomic E-state index is -4.50. The Labute approximate surface area is 155 Å². The molecule has 0 fully saturated rings. The first-order valence-corrected chi connectivity index (χ1v) is 8.81. The van der Waals surface area contributed by atoms with Crippen LogP contribution in [-0.2, 0) is 13.2 Å². The van der Waals surface area contributed by atoms with Crippen LogP contribution in [0.3, 0.4) is 0 Å². The Balaban J connectivity index is 2.19. The number of hydrogen-bond acceptors (Lipinski definition) is 5. The van der Waals surface area contributed by atoms with E-state index < -0.39 is 17.0 Å². The Morgan fingerprint density at radius 3 is 2.62 bits per heavy atom. The summed E-state index contributed by atoms with van der Waals surface area (Å²) in [5.41, 5.74) is 0.243. The molecular weight excluding hydrogens is 389 g/mol. The third kappa shape index (κ3) is 3.41. The summed E-state index contributed by atoms with van der Waals surface area (Å²) in [7, 11) is 1.65. The van der Waals surface area contributed by atoms with Crippen LogP contribution in [0.25, 0.3) is 22.7 Å². The van der Waals surface area contributed by atoms with Gasteiger partial charge in [-0.05, 0) is 29.5 Å². The third-order valence-corrected chi connectivity index (χ3v) is 4.76. The molecule has 0 saturated heterocycles. The van der Waals surface area contributed by atoms with Crippen LogP contribution in [-0.4, -0.2) is 30.5 Å². The standard InChI is InChI=1S/C16H12ClF3N4OS/c1-3-26-11-4-8(13(17)25)6-21-12(11)15-23-10-5-9(16(18,19)20)7-22-14(10)24(15)2/h4-7H,3H2,1-2H3. The molecule has 5 nitrogen and oxygen atoms in total. The molecule has 10 heteroatoms. The maximum absolute atomic E-state index is 12.9. The number of carbonyl (C=O) groups excluding carboxylic acids is 1. The summed E-state index contributed by atoms with van der Waals surface area (Å²) in [5, 5.41) is -0.636. The number of thioether (sulfide) groups is 1. The normalized spacial score (nSPS) is 11.9. The van der Waals surface area contributed by atoms with Crippen molar-refractivity contribution in [3.63, 3.8) is 0 Å². The quantitative estimate of drug-likeness (QED) is 0.475. The first-order chi connectivity index (χ1) is 12.2. The summed E-state index contributed by atoms with van der Waals surface area (Å²) in [6.45, 7) is 1.93. The zero-order chi connectivity index (χ0) is 19.1. The Morgan fingerprint density at radius 1 is 1.27 bits per heavy atom. The molecule has 0 aliphatic heterocycles. The van der Waals surface area contributed by atoms with Crippen molar-refractivity contribution in [2.45, 2.75) is 18.0 Å². The highest BCUT2D eigenvalue weighted by Gasteiger charge is 2.32. The maximum atomic E-state index is 12.9. The number of aromatic nitrogens is 4. The van der Waals surface area contributed by atoms with Crippen LogP contribution in [0.4, 0.5) is 13.2 Å². The predicted octanol–water partition coefficient (Wildman–Crippen LogP) is 4.54. The van der Waals surface area contributed by atoms with E-state index in [0.29, 0.717) is 27.8 Å². The second-order valence-corrected chi connectivity index (χ2v) is 6.99. The molecule has 3 rings (SSSR count). The molecule has 3 heterocycles. The lowest BCUT2D eigenvalue weighted by molar-refractivity contribution is -0.137. The van der Waals surface area contributed by atoms with E-state index in [0.717, 1.165) is 12.3 Å². The predicted molar refractivity (Wildman–Crippen MR) is 93.3 cm³/mol. The SMILES string of the molecule is CCSc1cc(C(=O)Cl)cnc1-c1nc2cc(C(F)(F)F)cnc2n1C. The lowest BCUT2D eigenvalue weighted by atomic mass is 10.2. The number of hydrogen-bond donors (Lipinski definition) is 0. The van der Waals surface area contributed by atoms with Gasteiger partial charge >= 0.3 is 6.18 Å². The number of imidazole rings is 1. The van der Waals surface area contributed by atoms with E-state index in [1.165, 1.54) is 18.0 Å². The number of halogens is 4. The number of aryl methyl sites for hydroxylation is 1. The van der Waals surface area contributed by atoms with Gasteiger partial charge in [0.25, 0.3) is 5.24 Å². The van der Waals surface area contributed by atoms with Crippen molar-refractivity contribution in [2.75, 3.05) is 5.75 Å². The summed E-state index contributed by atoms with van der Waals surface area (Å²) in [4.78, 5) is 24.5. The van der Waals surface area contributed by atoms with Crippen molar-refractivity contribution >= 4 is 39.8 Å². The highest BCUT2D eigenvalue weighted by atomic mass is 35.5. The summed E-state index contributed by atoms with van der Waals surface area (Å²) in [5.74, 6) is 1.06.